The van der Waals surface area contributed by atoms with Crippen molar-refractivity contribution in [3.05, 3.63) is 57.2 Å². The minimum Gasteiger partial charge on any atom is -0.392 e. The smallest absolute Gasteiger partial charge is 0.179 e. The van der Waals surface area contributed by atoms with Gasteiger partial charge in [-0.15, -0.1) is 0 Å². The molecule has 0 radical (unpaired) electrons. The third kappa shape index (κ3) is 5.17. The summed E-state index contributed by atoms with van der Waals surface area (Å²) in [6, 6.07) is 13.7. The Morgan fingerprint density at radius 1 is 1.06 bits per heavy atom. The summed E-state index contributed by atoms with van der Waals surface area (Å²) in [7, 11) is 0.356. The topological polar surface area (TPSA) is 57.6 Å². The molecule has 4 nitrogen and oxygen atoms in total. The molecular formula is C26H36INO3S. The molecule has 1 aliphatic rings. The largest absolute Gasteiger partial charge is 0.392 e. The van der Waals surface area contributed by atoms with E-state index in [9.17, 15) is 13.5 Å². The van der Waals surface area contributed by atoms with Crippen molar-refractivity contribution >= 4 is 38.1 Å². The molecule has 0 aliphatic carbocycles. The van der Waals surface area contributed by atoms with E-state index in [0.717, 1.165) is 58.9 Å². The normalized spacial score (nSPS) is 21.6. The molecule has 1 N–H and O–H groups in total. The standard InChI is InChI=1S/C26H36INO3S/c1-5-7-14-26(15-8-6-2)18-32(30,31)23-13-12-21(28(3)4)17-22(23)24(25(26)29)19-10-9-11-20(27)16-19/h9-13,16-17,24-25,29H,5-8,14-15,18H2,1-4H3/t24-,25-/m0/s1. The van der Waals surface area contributed by atoms with Crippen molar-refractivity contribution in [1.29, 1.82) is 0 Å². The molecule has 0 amide bonds. The van der Waals surface area contributed by atoms with Crippen molar-refractivity contribution in [1.82, 2.24) is 0 Å². The molecule has 32 heavy (non-hydrogen) atoms. The van der Waals surface area contributed by atoms with Crippen LogP contribution in [-0.2, 0) is 9.84 Å². The quantitative estimate of drug-likeness (QED) is 0.396. The first-order chi connectivity index (χ1) is 15.1. The van der Waals surface area contributed by atoms with E-state index in [1.807, 2.05) is 49.3 Å². The number of unbranched alkanes of at least 4 members (excludes halogenated alkanes) is 2. The van der Waals surface area contributed by atoms with Gasteiger partial charge in [0.1, 0.15) is 0 Å². The highest BCUT2D eigenvalue weighted by atomic mass is 127. The summed E-state index contributed by atoms with van der Waals surface area (Å²) in [5.41, 5.74) is 1.99. The van der Waals surface area contributed by atoms with Crippen LogP contribution in [0.5, 0.6) is 0 Å². The lowest BCUT2D eigenvalue weighted by molar-refractivity contribution is 0.0127. The highest BCUT2D eigenvalue weighted by Gasteiger charge is 2.49. The van der Waals surface area contributed by atoms with Crippen LogP contribution in [0.4, 0.5) is 5.69 Å². The third-order valence-corrected chi connectivity index (χ3v) is 9.53. The van der Waals surface area contributed by atoms with Gasteiger partial charge in [0.2, 0.25) is 0 Å². The maximum Gasteiger partial charge on any atom is 0.179 e. The molecule has 0 spiro atoms. The van der Waals surface area contributed by atoms with Gasteiger partial charge in [0.25, 0.3) is 0 Å². The summed E-state index contributed by atoms with van der Waals surface area (Å²) >= 11 is 2.29. The molecule has 0 saturated carbocycles. The third-order valence-electron chi connectivity index (χ3n) is 6.86. The lowest BCUT2D eigenvalue weighted by atomic mass is 9.68. The summed E-state index contributed by atoms with van der Waals surface area (Å²) < 4.78 is 28.6. The van der Waals surface area contributed by atoms with Gasteiger partial charge in [0.05, 0.1) is 16.8 Å². The summed E-state index contributed by atoms with van der Waals surface area (Å²) in [5.74, 6) is -0.374. The molecule has 2 aromatic rings. The molecule has 2 atom stereocenters. The first kappa shape index (κ1) is 25.5. The van der Waals surface area contributed by atoms with E-state index < -0.39 is 21.4 Å². The van der Waals surface area contributed by atoms with Crippen molar-refractivity contribution in [2.45, 2.75) is 69.3 Å². The van der Waals surface area contributed by atoms with Crippen LogP contribution in [0.15, 0.2) is 47.4 Å². The van der Waals surface area contributed by atoms with Gasteiger partial charge in [-0.05, 0) is 76.9 Å². The molecule has 0 aromatic heterocycles. The van der Waals surface area contributed by atoms with E-state index in [2.05, 4.69) is 42.5 Å². The average molecular weight is 570 g/mol. The minimum atomic E-state index is -3.55. The number of aliphatic hydroxyl groups excluding tert-OH is 1. The lowest BCUT2D eigenvalue weighted by Crippen LogP contribution is -2.43. The number of halogens is 1. The number of hydrogen-bond acceptors (Lipinski definition) is 4. The Hall–Kier alpha value is -1.12. The predicted molar refractivity (Wildman–Crippen MR) is 141 cm³/mol. The summed E-state index contributed by atoms with van der Waals surface area (Å²) in [6.07, 6.45) is 4.45. The average Bonchev–Trinajstić information content (AvgIpc) is 2.82. The van der Waals surface area contributed by atoms with Crippen LogP contribution in [0.3, 0.4) is 0 Å². The first-order valence-electron chi connectivity index (χ1n) is 11.6. The molecule has 1 aliphatic heterocycles. The van der Waals surface area contributed by atoms with Crippen molar-refractivity contribution in [3.8, 4) is 0 Å². The monoisotopic (exact) mass is 569 g/mol. The van der Waals surface area contributed by atoms with Crippen LogP contribution in [0.2, 0.25) is 0 Å². The number of rotatable bonds is 8. The zero-order valence-electron chi connectivity index (χ0n) is 19.6. The van der Waals surface area contributed by atoms with E-state index in [0.29, 0.717) is 4.90 Å². The molecule has 1 heterocycles. The number of nitrogens with zero attached hydrogens (tertiary/aromatic N) is 1. The second-order valence-electron chi connectivity index (χ2n) is 9.42. The molecule has 2 aromatic carbocycles. The number of benzene rings is 2. The Labute approximate surface area is 207 Å². The highest BCUT2D eigenvalue weighted by molar-refractivity contribution is 14.1. The van der Waals surface area contributed by atoms with E-state index >= 15 is 0 Å². The first-order valence-corrected chi connectivity index (χ1v) is 14.4. The number of sulfone groups is 1. The van der Waals surface area contributed by atoms with E-state index in [4.69, 9.17) is 0 Å². The van der Waals surface area contributed by atoms with Crippen LogP contribution in [0, 0.1) is 8.99 Å². The summed E-state index contributed by atoms with van der Waals surface area (Å²) in [5, 5.41) is 12.1. The number of hydrogen-bond donors (Lipinski definition) is 1. The maximum absolute atomic E-state index is 13.8. The van der Waals surface area contributed by atoms with Gasteiger partial charge in [0.15, 0.2) is 9.84 Å². The molecule has 0 fully saturated rings. The van der Waals surface area contributed by atoms with Gasteiger partial charge in [-0.2, -0.15) is 0 Å². The zero-order valence-corrected chi connectivity index (χ0v) is 22.6. The number of fused-ring (bicyclic) bond motifs is 1. The number of anilines is 1. The Balaban J connectivity index is 2.31. The van der Waals surface area contributed by atoms with Crippen molar-refractivity contribution < 1.29 is 13.5 Å². The Morgan fingerprint density at radius 2 is 1.72 bits per heavy atom. The van der Waals surface area contributed by atoms with Crippen LogP contribution < -0.4 is 4.90 Å². The lowest BCUT2D eigenvalue weighted by Gasteiger charge is -2.40. The Bertz CT molecular complexity index is 1030. The zero-order chi connectivity index (χ0) is 23.5. The van der Waals surface area contributed by atoms with E-state index in [-0.39, 0.29) is 11.7 Å². The second-order valence-corrected chi connectivity index (χ2v) is 12.6. The fourth-order valence-corrected chi connectivity index (χ4v) is 7.85. The van der Waals surface area contributed by atoms with Crippen LogP contribution in [0.1, 0.15) is 69.4 Å². The summed E-state index contributed by atoms with van der Waals surface area (Å²) in [6.45, 7) is 4.25. The van der Waals surface area contributed by atoms with Crippen molar-refractivity contribution in [2.24, 2.45) is 5.41 Å². The van der Waals surface area contributed by atoms with Gasteiger partial charge in [0, 0.05) is 34.7 Å². The summed E-state index contributed by atoms with van der Waals surface area (Å²) in [4.78, 5) is 2.36. The fraction of sp³-hybridized carbons (Fsp3) is 0.538. The van der Waals surface area contributed by atoms with Gasteiger partial charge in [-0.3, -0.25) is 0 Å². The van der Waals surface area contributed by atoms with Crippen LogP contribution in [-0.4, -0.2) is 39.5 Å². The fourth-order valence-electron chi connectivity index (χ4n) is 5.09. The van der Waals surface area contributed by atoms with Gasteiger partial charge in [-0.1, -0.05) is 51.7 Å². The number of aliphatic hydroxyl groups is 1. The minimum absolute atomic E-state index is 0.00982. The predicted octanol–water partition coefficient (Wildman–Crippen LogP) is 6.00. The van der Waals surface area contributed by atoms with Crippen LogP contribution >= 0.6 is 22.6 Å². The van der Waals surface area contributed by atoms with Gasteiger partial charge >= 0.3 is 0 Å². The van der Waals surface area contributed by atoms with Crippen molar-refractivity contribution in [2.75, 3.05) is 24.7 Å². The molecule has 3 rings (SSSR count). The SMILES string of the molecule is CCCCC1(CCCC)CS(=O)(=O)c2ccc(N(C)C)cc2[C@H](c2cccc(I)c2)[C@@H]1O. The van der Waals surface area contributed by atoms with Crippen LogP contribution in [0.25, 0.3) is 0 Å². The molecule has 0 saturated heterocycles. The molecule has 0 unspecified atom stereocenters. The molecular weight excluding hydrogens is 533 g/mol. The van der Waals surface area contributed by atoms with Crippen molar-refractivity contribution in [3.63, 3.8) is 0 Å². The Kier molecular flexibility index (Phi) is 8.31. The molecule has 0 bridgehead atoms. The van der Waals surface area contributed by atoms with E-state index in [1.165, 1.54) is 0 Å². The van der Waals surface area contributed by atoms with E-state index in [1.54, 1.807) is 6.07 Å². The highest BCUT2D eigenvalue weighted by Crippen LogP contribution is 2.50. The second kappa shape index (κ2) is 10.4. The molecule has 6 heteroatoms. The molecule has 176 valence electrons. The maximum atomic E-state index is 13.8. The van der Waals surface area contributed by atoms with Gasteiger partial charge < -0.3 is 10.0 Å². The Morgan fingerprint density at radius 3 is 2.28 bits per heavy atom. The van der Waals surface area contributed by atoms with Gasteiger partial charge in [-0.25, -0.2) is 8.42 Å².